The molecule has 0 heterocycles. The molecule has 1 fully saturated rings. The lowest BCUT2D eigenvalue weighted by Crippen LogP contribution is -2.64. The van der Waals surface area contributed by atoms with E-state index in [1.165, 1.54) is 44.9 Å². The summed E-state index contributed by atoms with van der Waals surface area (Å²) in [5, 5.41) is 49.9. The number of esters is 2. The zero-order chi connectivity index (χ0) is 39.3. The number of unbranched alkanes of at least 4 members (excludes halogenated alkanes) is 10. The minimum Gasteiger partial charge on any atom is -0.462 e. The van der Waals surface area contributed by atoms with E-state index in [0.717, 1.165) is 38.5 Å². The Morgan fingerprint density at radius 3 is 1.60 bits per heavy atom. The minimum absolute atomic E-state index is 0.0245. The molecule has 6 unspecified atom stereocenters. The standard InChI is InChI=1S/C39H67O13P/c1-3-5-7-9-11-13-15-16-18-20-22-24-26-28-33(41)51-31(29-49-32(40)27-25-23-21-19-17-14-12-10-8-6-4-2)30-50-53(47,48)52-39-37(45)35(43)34(42)36(44)38(39)46/h5,7,11,13,16,18,22,24,31,34-39,42-46H,3-4,6,8-10,12,14-15,17,19-21,23,25-30H2,1-2H3,(H,47,48)/b7-5-,13-11-,18-16-,24-22-. The van der Waals surface area contributed by atoms with Crippen molar-refractivity contribution in [3.63, 3.8) is 0 Å². The predicted molar refractivity (Wildman–Crippen MR) is 203 cm³/mol. The number of aliphatic hydroxyl groups is 5. The normalized spacial score (nSPS) is 24.0. The summed E-state index contributed by atoms with van der Waals surface area (Å²) in [5.74, 6) is -1.20. The lowest BCUT2D eigenvalue weighted by atomic mass is 9.85. The molecule has 14 heteroatoms. The van der Waals surface area contributed by atoms with Gasteiger partial charge in [0.2, 0.25) is 0 Å². The Morgan fingerprint density at radius 2 is 1.08 bits per heavy atom. The molecule has 13 nitrogen and oxygen atoms in total. The number of aliphatic hydroxyl groups excluding tert-OH is 5. The number of phosphoric acid groups is 1. The van der Waals surface area contributed by atoms with Crippen LogP contribution in [0.15, 0.2) is 48.6 Å². The van der Waals surface area contributed by atoms with Crippen LogP contribution in [0.1, 0.15) is 129 Å². The highest BCUT2D eigenvalue weighted by molar-refractivity contribution is 7.47. The molecule has 1 saturated carbocycles. The summed E-state index contributed by atoms with van der Waals surface area (Å²) < 4.78 is 33.2. The number of carbonyl (C=O) groups excluding carboxylic acids is 2. The summed E-state index contributed by atoms with van der Waals surface area (Å²) in [6.07, 6.45) is 19.2. The first-order valence-corrected chi connectivity index (χ1v) is 20.9. The van der Waals surface area contributed by atoms with E-state index in [-0.39, 0.29) is 12.8 Å². The first-order valence-electron chi connectivity index (χ1n) is 19.4. The van der Waals surface area contributed by atoms with Gasteiger partial charge in [0.25, 0.3) is 0 Å². The van der Waals surface area contributed by atoms with Crippen LogP contribution in [0, 0.1) is 0 Å². The Kier molecular flexibility index (Phi) is 27.7. The van der Waals surface area contributed by atoms with Gasteiger partial charge in [-0.05, 0) is 38.5 Å². The van der Waals surface area contributed by atoms with Crippen LogP contribution in [-0.4, -0.2) is 98.3 Å². The maximum absolute atomic E-state index is 12.7. The Labute approximate surface area is 316 Å². The lowest BCUT2D eigenvalue weighted by molar-refractivity contribution is -0.220. The maximum atomic E-state index is 12.7. The first-order chi connectivity index (χ1) is 25.4. The van der Waals surface area contributed by atoms with Gasteiger partial charge in [-0.15, -0.1) is 0 Å². The molecule has 0 amide bonds. The van der Waals surface area contributed by atoms with Crippen LogP contribution < -0.4 is 0 Å². The topological polar surface area (TPSA) is 210 Å². The minimum atomic E-state index is -5.13. The summed E-state index contributed by atoms with van der Waals surface area (Å²) in [7, 11) is -5.13. The summed E-state index contributed by atoms with van der Waals surface area (Å²) >= 11 is 0. The van der Waals surface area contributed by atoms with E-state index in [9.17, 15) is 44.6 Å². The van der Waals surface area contributed by atoms with Crippen molar-refractivity contribution in [3.8, 4) is 0 Å². The Hall–Kier alpha value is -2.19. The third-order valence-corrected chi connectivity index (χ3v) is 9.68. The Bertz CT molecular complexity index is 1120. The molecule has 0 bridgehead atoms. The second-order valence-electron chi connectivity index (χ2n) is 13.4. The van der Waals surface area contributed by atoms with E-state index >= 15 is 0 Å². The quantitative estimate of drug-likeness (QED) is 0.0213. The second-order valence-corrected chi connectivity index (χ2v) is 14.8. The average molecular weight is 775 g/mol. The van der Waals surface area contributed by atoms with Gasteiger partial charge in [-0.1, -0.05) is 127 Å². The number of hydrogen-bond acceptors (Lipinski definition) is 12. The van der Waals surface area contributed by atoms with Gasteiger partial charge in [-0.25, -0.2) is 4.57 Å². The Morgan fingerprint density at radius 1 is 0.604 bits per heavy atom. The molecule has 1 aliphatic carbocycles. The van der Waals surface area contributed by atoms with Crippen LogP contribution in [0.4, 0.5) is 0 Å². The molecule has 0 spiro atoms. The molecule has 0 aliphatic heterocycles. The van der Waals surface area contributed by atoms with Crippen LogP contribution in [0.2, 0.25) is 0 Å². The second kappa shape index (κ2) is 30.1. The molecule has 0 saturated heterocycles. The number of allylic oxidation sites excluding steroid dienone is 8. The van der Waals surface area contributed by atoms with E-state index in [1.54, 1.807) is 0 Å². The van der Waals surface area contributed by atoms with Crippen molar-refractivity contribution in [1.82, 2.24) is 0 Å². The van der Waals surface area contributed by atoms with E-state index in [4.69, 9.17) is 18.5 Å². The number of carbonyl (C=O) groups is 2. The highest BCUT2D eigenvalue weighted by Gasteiger charge is 2.51. The number of phosphoric ester groups is 1. The third-order valence-electron chi connectivity index (χ3n) is 8.70. The molecule has 6 atom stereocenters. The number of hydrogen-bond donors (Lipinski definition) is 6. The van der Waals surface area contributed by atoms with Crippen molar-refractivity contribution in [1.29, 1.82) is 0 Å². The maximum Gasteiger partial charge on any atom is 0.472 e. The molecule has 6 N–H and O–H groups in total. The number of ether oxygens (including phenoxy) is 2. The molecule has 53 heavy (non-hydrogen) atoms. The summed E-state index contributed by atoms with van der Waals surface area (Å²) in [4.78, 5) is 35.4. The molecular formula is C39H67O13P. The van der Waals surface area contributed by atoms with Crippen LogP contribution in [0.3, 0.4) is 0 Å². The predicted octanol–water partition coefficient (Wildman–Crippen LogP) is 6.05. The van der Waals surface area contributed by atoms with E-state index in [2.05, 4.69) is 44.2 Å². The van der Waals surface area contributed by atoms with E-state index < -0.39 is 75.7 Å². The highest BCUT2D eigenvalue weighted by atomic mass is 31.2. The van der Waals surface area contributed by atoms with Crippen LogP contribution in [0.5, 0.6) is 0 Å². The summed E-state index contributed by atoms with van der Waals surface area (Å²) in [6, 6.07) is 0. The molecule has 1 aliphatic rings. The van der Waals surface area contributed by atoms with Gasteiger partial charge in [-0.2, -0.15) is 0 Å². The van der Waals surface area contributed by atoms with E-state index in [1.807, 2.05) is 18.2 Å². The van der Waals surface area contributed by atoms with Gasteiger partial charge in [0, 0.05) is 12.8 Å². The Balaban J connectivity index is 2.60. The van der Waals surface area contributed by atoms with Crippen LogP contribution >= 0.6 is 7.82 Å². The molecular weight excluding hydrogens is 707 g/mol. The monoisotopic (exact) mass is 774 g/mol. The van der Waals surface area contributed by atoms with Gasteiger partial charge < -0.3 is 39.9 Å². The lowest BCUT2D eigenvalue weighted by Gasteiger charge is -2.41. The van der Waals surface area contributed by atoms with Crippen molar-refractivity contribution < 1.29 is 63.1 Å². The first kappa shape index (κ1) is 48.8. The van der Waals surface area contributed by atoms with Gasteiger partial charge >= 0.3 is 19.8 Å². The van der Waals surface area contributed by atoms with Gasteiger partial charge in [-0.3, -0.25) is 18.6 Å². The van der Waals surface area contributed by atoms with E-state index in [0.29, 0.717) is 19.3 Å². The molecule has 0 aromatic heterocycles. The molecule has 306 valence electrons. The van der Waals surface area contributed by atoms with Crippen molar-refractivity contribution in [2.45, 2.75) is 172 Å². The van der Waals surface area contributed by atoms with Crippen molar-refractivity contribution in [2.24, 2.45) is 0 Å². The van der Waals surface area contributed by atoms with Crippen LogP contribution in [-0.2, 0) is 32.7 Å². The largest absolute Gasteiger partial charge is 0.472 e. The fraction of sp³-hybridized carbons (Fsp3) is 0.744. The fourth-order valence-electron chi connectivity index (χ4n) is 5.53. The van der Waals surface area contributed by atoms with Gasteiger partial charge in [0.05, 0.1) is 6.61 Å². The van der Waals surface area contributed by atoms with Crippen molar-refractivity contribution in [2.75, 3.05) is 13.2 Å². The van der Waals surface area contributed by atoms with Crippen molar-refractivity contribution in [3.05, 3.63) is 48.6 Å². The summed E-state index contributed by atoms with van der Waals surface area (Å²) in [6.45, 7) is 3.07. The zero-order valence-corrected chi connectivity index (χ0v) is 32.7. The molecule has 0 radical (unpaired) electrons. The molecule has 0 aromatic carbocycles. The zero-order valence-electron chi connectivity index (χ0n) is 31.8. The average Bonchev–Trinajstić information content (AvgIpc) is 3.13. The van der Waals surface area contributed by atoms with Gasteiger partial charge in [0.1, 0.15) is 43.2 Å². The highest BCUT2D eigenvalue weighted by Crippen LogP contribution is 2.47. The third kappa shape index (κ3) is 23.4. The number of rotatable bonds is 30. The SMILES string of the molecule is CC/C=C\C/C=C\C/C=C\C/C=C\CCC(=O)OC(COC(=O)CCCCCCCCCCCCC)COP(=O)(O)OC1C(O)C(O)C(O)C(O)C1O. The fourth-order valence-corrected chi connectivity index (χ4v) is 6.51. The molecule has 0 aromatic rings. The summed E-state index contributed by atoms with van der Waals surface area (Å²) in [5.41, 5.74) is 0. The van der Waals surface area contributed by atoms with Gasteiger partial charge in [0.15, 0.2) is 6.10 Å². The van der Waals surface area contributed by atoms with Crippen molar-refractivity contribution >= 4 is 19.8 Å². The molecule has 1 rings (SSSR count). The smallest absolute Gasteiger partial charge is 0.462 e. The van der Waals surface area contributed by atoms with Crippen LogP contribution in [0.25, 0.3) is 0 Å².